The first-order valence-electron chi connectivity index (χ1n) is 6.67. The molecular formula is C15H20ClFO2. The topological polar surface area (TPSA) is 29.5 Å². The van der Waals surface area contributed by atoms with Crippen LogP contribution >= 0.6 is 11.6 Å². The Bertz CT molecular complexity index is 452. The van der Waals surface area contributed by atoms with E-state index in [1.807, 2.05) is 13.8 Å². The Labute approximate surface area is 118 Å². The molecule has 0 saturated carbocycles. The average molecular weight is 287 g/mol. The van der Waals surface area contributed by atoms with Gasteiger partial charge < -0.3 is 9.84 Å². The third kappa shape index (κ3) is 3.10. The first-order valence-corrected chi connectivity index (χ1v) is 7.05. The molecule has 0 aliphatic carbocycles. The first kappa shape index (κ1) is 14.8. The zero-order valence-electron chi connectivity index (χ0n) is 11.4. The van der Waals surface area contributed by atoms with Gasteiger partial charge in [0.05, 0.1) is 18.3 Å². The lowest BCUT2D eigenvalue weighted by Crippen LogP contribution is -2.32. The van der Waals surface area contributed by atoms with Gasteiger partial charge in [0.25, 0.3) is 0 Å². The van der Waals surface area contributed by atoms with Crippen molar-refractivity contribution in [1.29, 1.82) is 0 Å². The molecule has 1 fully saturated rings. The fraction of sp³-hybridized carbons (Fsp3) is 0.600. The summed E-state index contributed by atoms with van der Waals surface area (Å²) in [4.78, 5) is 0. The molecule has 1 heterocycles. The molecule has 0 aromatic heterocycles. The number of halogens is 2. The normalized spacial score (nSPS) is 32.5. The molecule has 1 aliphatic heterocycles. The van der Waals surface area contributed by atoms with Gasteiger partial charge in [0.1, 0.15) is 5.82 Å². The van der Waals surface area contributed by atoms with E-state index < -0.39 is 6.10 Å². The first-order chi connectivity index (χ1) is 8.90. The van der Waals surface area contributed by atoms with Crippen LogP contribution in [-0.4, -0.2) is 23.4 Å². The minimum Gasteiger partial charge on any atom is -0.392 e. The van der Waals surface area contributed by atoms with Crippen LogP contribution in [0.3, 0.4) is 0 Å². The molecule has 0 radical (unpaired) electrons. The van der Waals surface area contributed by atoms with Crippen LogP contribution in [0.15, 0.2) is 18.2 Å². The molecule has 5 atom stereocenters. The largest absolute Gasteiger partial charge is 0.392 e. The summed E-state index contributed by atoms with van der Waals surface area (Å²) in [6.45, 7) is 6.10. The van der Waals surface area contributed by atoms with Gasteiger partial charge in [0, 0.05) is 17.4 Å². The van der Waals surface area contributed by atoms with Crippen molar-refractivity contribution in [1.82, 2.24) is 0 Å². The van der Waals surface area contributed by atoms with Crippen molar-refractivity contribution in [3.05, 3.63) is 34.6 Å². The highest BCUT2D eigenvalue weighted by atomic mass is 35.5. The Morgan fingerprint density at radius 2 is 2.00 bits per heavy atom. The number of hydrogen-bond acceptors (Lipinski definition) is 2. The molecule has 0 bridgehead atoms. The number of aliphatic hydroxyl groups excluding tert-OH is 1. The van der Waals surface area contributed by atoms with Crippen molar-refractivity contribution in [2.75, 3.05) is 0 Å². The highest BCUT2D eigenvalue weighted by Crippen LogP contribution is 2.36. The van der Waals surface area contributed by atoms with Crippen LogP contribution in [0.1, 0.15) is 26.3 Å². The van der Waals surface area contributed by atoms with Gasteiger partial charge in [-0.3, -0.25) is 0 Å². The van der Waals surface area contributed by atoms with Crippen LogP contribution in [0.2, 0.25) is 5.02 Å². The lowest BCUT2D eigenvalue weighted by atomic mass is 9.82. The predicted molar refractivity (Wildman–Crippen MR) is 73.8 cm³/mol. The number of aliphatic hydroxyl groups is 1. The summed E-state index contributed by atoms with van der Waals surface area (Å²) in [5.74, 6) is 0.0168. The summed E-state index contributed by atoms with van der Waals surface area (Å²) in [5, 5.41) is 10.8. The second-order valence-corrected chi connectivity index (χ2v) is 5.90. The number of ether oxygens (including phenoxy) is 1. The Balaban J connectivity index is 2.10. The Kier molecular flexibility index (Phi) is 4.49. The highest BCUT2D eigenvalue weighted by molar-refractivity contribution is 6.31. The van der Waals surface area contributed by atoms with Crippen LogP contribution in [-0.2, 0) is 11.2 Å². The van der Waals surface area contributed by atoms with Crippen molar-refractivity contribution in [2.45, 2.75) is 45.5 Å². The maximum atomic E-state index is 13.0. The number of rotatable bonds is 3. The molecule has 5 unspecified atom stereocenters. The second-order valence-electron chi connectivity index (χ2n) is 5.49. The summed E-state index contributed by atoms with van der Waals surface area (Å²) < 4.78 is 18.7. The Hall–Kier alpha value is -0.640. The molecule has 1 aromatic carbocycles. The monoisotopic (exact) mass is 286 g/mol. The van der Waals surface area contributed by atoms with Crippen LogP contribution in [0, 0.1) is 17.7 Å². The standard InChI is InChI=1S/C15H20ClFO2/c1-8-9(2)19-10(3)15(8)14(18)6-11-4-5-12(17)7-13(11)16/h4-5,7-10,14-15,18H,6H2,1-3H3. The Morgan fingerprint density at radius 1 is 1.32 bits per heavy atom. The quantitative estimate of drug-likeness (QED) is 0.922. The van der Waals surface area contributed by atoms with Crippen molar-refractivity contribution < 1.29 is 14.2 Å². The molecule has 2 rings (SSSR count). The maximum Gasteiger partial charge on any atom is 0.124 e. The smallest absolute Gasteiger partial charge is 0.124 e. The molecule has 106 valence electrons. The van der Waals surface area contributed by atoms with E-state index in [1.165, 1.54) is 12.1 Å². The van der Waals surface area contributed by atoms with Gasteiger partial charge in [-0.1, -0.05) is 24.6 Å². The van der Waals surface area contributed by atoms with E-state index in [4.69, 9.17) is 16.3 Å². The van der Waals surface area contributed by atoms with Crippen molar-refractivity contribution in [3.63, 3.8) is 0 Å². The fourth-order valence-corrected chi connectivity index (χ4v) is 3.25. The van der Waals surface area contributed by atoms with E-state index in [2.05, 4.69) is 6.92 Å². The second kappa shape index (κ2) is 5.78. The van der Waals surface area contributed by atoms with Gasteiger partial charge in [-0.2, -0.15) is 0 Å². The lowest BCUT2D eigenvalue weighted by molar-refractivity contribution is 0.0240. The predicted octanol–water partition coefficient (Wildman–Crippen LogP) is 3.44. The summed E-state index contributed by atoms with van der Waals surface area (Å²) in [6, 6.07) is 4.29. The third-order valence-corrected chi connectivity index (χ3v) is 4.56. The van der Waals surface area contributed by atoms with E-state index in [0.717, 1.165) is 5.56 Å². The van der Waals surface area contributed by atoms with E-state index in [0.29, 0.717) is 17.4 Å². The van der Waals surface area contributed by atoms with Crippen molar-refractivity contribution in [3.8, 4) is 0 Å². The SMILES string of the molecule is CC1OC(C)C(C(O)Cc2ccc(F)cc2Cl)C1C. The Morgan fingerprint density at radius 3 is 2.53 bits per heavy atom. The van der Waals surface area contributed by atoms with E-state index in [9.17, 15) is 9.50 Å². The molecule has 0 amide bonds. The molecule has 1 aromatic rings. The zero-order chi connectivity index (χ0) is 14.2. The summed E-state index contributed by atoms with van der Waals surface area (Å²) in [7, 11) is 0. The van der Waals surface area contributed by atoms with Crippen LogP contribution in [0.4, 0.5) is 4.39 Å². The van der Waals surface area contributed by atoms with Gasteiger partial charge >= 0.3 is 0 Å². The molecule has 0 spiro atoms. The minimum absolute atomic E-state index is 0.0271. The van der Waals surface area contributed by atoms with Crippen molar-refractivity contribution in [2.24, 2.45) is 11.8 Å². The molecule has 2 nitrogen and oxygen atoms in total. The fourth-order valence-electron chi connectivity index (χ4n) is 3.01. The molecule has 4 heteroatoms. The van der Waals surface area contributed by atoms with Gasteiger partial charge in [0.2, 0.25) is 0 Å². The van der Waals surface area contributed by atoms with E-state index in [-0.39, 0.29) is 23.9 Å². The van der Waals surface area contributed by atoms with Crippen LogP contribution in [0.5, 0.6) is 0 Å². The minimum atomic E-state index is -0.530. The molecule has 1 aliphatic rings. The van der Waals surface area contributed by atoms with E-state index >= 15 is 0 Å². The maximum absolute atomic E-state index is 13.0. The van der Waals surface area contributed by atoms with Gasteiger partial charge in [-0.05, 0) is 37.5 Å². The lowest BCUT2D eigenvalue weighted by Gasteiger charge is -2.25. The van der Waals surface area contributed by atoms with E-state index in [1.54, 1.807) is 6.07 Å². The summed E-state index contributed by atoms with van der Waals surface area (Å²) >= 11 is 6.00. The summed E-state index contributed by atoms with van der Waals surface area (Å²) in [5.41, 5.74) is 0.773. The van der Waals surface area contributed by atoms with Gasteiger partial charge in [-0.15, -0.1) is 0 Å². The molecule has 1 saturated heterocycles. The highest BCUT2D eigenvalue weighted by Gasteiger charge is 2.41. The average Bonchev–Trinajstić information content (AvgIpc) is 2.57. The van der Waals surface area contributed by atoms with Crippen LogP contribution < -0.4 is 0 Å². The number of hydrogen-bond donors (Lipinski definition) is 1. The number of benzene rings is 1. The van der Waals surface area contributed by atoms with Gasteiger partial charge in [-0.25, -0.2) is 4.39 Å². The molecular weight excluding hydrogens is 267 g/mol. The zero-order valence-corrected chi connectivity index (χ0v) is 12.2. The third-order valence-electron chi connectivity index (χ3n) is 4.21. The van der Waals surface area contributed by atoms with Crippen LogP contribution in [0.25, 0.3) is 0 Å². The summed E-state index contributed by atoms with van der Waals surface area (Å²) in [6.07, 6.45) is 0.0737. The molecule has 1 N–H and O–H groups in total. The molecule has 19 heavy (non-hydrogen) atoms. The van der Waals surface area contributed by atoms with Gasteiger partial charge in [0.15, 0.2) is 0 Å². The van der Waals surface area contributed by atoms with Crippen molar-refractivity contribution >= 4 is 11.6 Å².